The molecule has 134 valence electrons. The maximum absolute atomic E-state index is 12.6. The summed E-state index contributed by atoms with van der Waals surface area (Å²) in [5.74, 6) is -0.828. The van der Waals surface area contributed by atoms with Crippen molar-refractivity contribution in [3.63, 3.8) is 0 Å². The number of ether oxygens (including phenoxy) is 1. The lowest BCUT2D eigenvalue weighted by molar-refractivity contribution is -0.139. The SMILES string of the molecule is CCCC(NC(=O)c1cnn(-c2ccccc2OC)c1CC)C(=O)O. The third-order valence-electron chi connectivity index (χ3n) is 3.94. The van der Waals surface area contributed by atoms with Crippen molar-refractivity contribution in [2.24, 2.45) is 0 Å². The second-order valence-electron chi connectivity index (χ2n) is 5.60. The van der Waals surface area contributed by atoms with E-state index in [1.165, 1.54) is 6.20 Å². The molecule has 0 aliphatic rings. The molecule has 0 radical (unpaired) electrons. The second kappa shape index (κ2) is 8.32. The molecule has 2 aromatic rings. The predicted molar refractivity (Wildman–Crippen MR) is 93.3 cm³/mol. The van der Waals surface area contributed by atoms with Crippen LogP contribution in [0.3, 0.4) is 0 Å². The summed E-state index contributed by atoms with van der Waals surface area (Å²) in [7, 11) is 1.57. The number of carbonyl (C=O) groups is 2. The summed E-state index contributed by atoms with van der Waals surface area (Å²) in [5.41, 5.74) is 1.79. The molecule has 0 saturated heterocycles. The molecule has 0 bridgehead atoms. The number of rotatable bonds is 8. The number of aliphatic carboxylic acids is 1. The average Bonchev–Trinajstić information content (AvgIpc) is 3.04. The molecular formula is C18H23N3O4. The van der Waals surface area contributed by atoms with Crippen LogP contribution in [-0.2, 0) is 11.2 Å². The highest BCUT2D eigenvalue weighted by Gasteiger charge is 2.24. The lowest BCUT2D eigenvalue weighted by atomic mass is 10.1. The summed E-state index contributed by atoms with van der Waals surface area (Å²) >= 11 is 0. The number of aromatic nitrogens is 2. The Morgan fingerprint density at radius 2 is 2.04 bits per heavy atom. The van der Waals surface area contributed by atoms with E-state index in [-0.39, 0.29) is 0 Å². The first kappa shape index (κ1) is 18.5. The van der Waals surface area contributed by atoms with Crippen molar-refractivity contribution in [3.05, 3.63) is 41.7 Å². The highest BCUT2D eigenvalue weighted by Crippen LogP contribution is 2.24. The van der Waals surface area contributed by atoms with Crippen LogP contribution in [0.4, 0.5) is 0 Å². The summed E-state index contributed by atoms with van der Waals surface area (Å²) in [6.45, 7) is 3.79. The van der Waals surface area contributed by atoms with Gasteiger partial charge in [0.15, 0.2) is 0 Å². The van der Waals surface area contributed by atoms with E-state index in [0.717, 1.165) is 5.69 Å². The molecule has 7 nitrogen and oxygen atoms in total. The normalized spacial score (nSPS) is 11.8. The number of nitrogens with zero attached hydrogens (tertiary/aromatic N) is 2. The van der Waals surface area contributed by atoms with E-state index in [4.69, 9.17) is 4.74 Å². The van der Waals surface area contributed by atoms with E-state index >= 15 is 0 Å². The molecule has 2 N–H and O–H groups in total. The third kappa shape index (κ3) is 3.99. The molecular weight excluding hydrogens is 322 g/mol. The van der Waals surface area contributed by atoms with Crippen LogP contribution in [0, 0.1) is 0 Å². The Morgan fingerprint density at radius 3 is 2.64 bits per heavy atom. The Kier molecular flexibility index (Phi) is 6.16. The number of benzene rings is 1. The Hall–Kier alpha value is -2.83. The molecule has 0 aliphatic heterocycles. The Morgan fingerprint density at radius 1 is 1.32 bits per heavy atom. The summed E-state index contributed by atoms with van der Waals surface area (Å²) in [4.78, 5) is 23.8. The smallest absolute Gasteiger partial charge is 0.326 e. The summed E-state index contributed by atoms with van der Waals surface area (Å²) in [6, 6.07) is 6.48. The molecule has 0 spiro atoms. The van der Waals surface area contributed by atoms with Gasteiger partial charge in [-0.2, -0.15) is 5.10 Å². The van der Waals surface area contributed by atoms with Crippen molar-refractivity contribution >= 4 is 11.9 Å². The zero-order valence-corrected chi connectivity index (χ0v) is 14.7. The van der Waals surface area contributed by atoms with Gasteiger partial charge in [0.2, 0.25) is 0 Å². The zero-order chi connectivity index (χ0) is 18.4. The molecule has 7 heteroatoms. The summed E-state index contributed by atoms with van der Waals surface area (Å²) in [6.07, 6.45) is 3.07. The summed E-state index contributed by atoms with van der Waals surface area (Å²) < 4.78 is 7.01. The predicted octanol–water partition coefficient (Wildman–Crippen LogP) is 2.43. The molecule has 1 atom stereocenters. The fraction of sp³-hybridized carbons (Fsp3) is 0.389. The number of amides is 1. The molecule has 1 amide bonds. The largest absolute Gasteiger partial charge is 0.494 e. The van der Waals surface area contributed by atoms with Crippen molar-refractivity contribution in [1.29, 1.82) is 0 Å². The Labute approximate surface area is 146 Å². The standard InChI is InChI=1S/C18H23N3O4/c1-4-8-13(18(23)24)20-17(22)12-11-19-21(14(12)5-2)15-9-6-7-10-16(15)25-3/h6-7,9-11,13H,4-5,8H2,1-3H3,(H,20,22)(H,23,24). The molecule has 0 fully saturated rings. The highest BCUT2D eigenvalue weighted by atomic mass is 16.5. The van der Waals surface area contributed by atoms with Crippen molar-refractivity contribution in [3.8, 4) is 11.4 Å². The maximum atomic E-state index is 12.6. The van der Waals surface area contributed by atoms with Gasteiger partial charge in [-0.25, -0.2) is 9.48 Å². The van der Waals surface area contributed by atoms with Crippen LogP contribution in [0.2, 0.25) is 0 Å². The van der Waals surface area contributed by atoms with E-state index in [2.05, 4.69) is 10.4 Å². The van der Waals surface area contributed by atoms with E-state index in [0.29, 0.717) is 36.3 Å². The minimum absolute atomic E-state index is 0.371. The molecule has 1 heterocycles. The minimum atomic E-state index is -1.04. The number of carboxylic acids is 1. The number of hydrogen-bond acceptors (Lipinski definition) is 4. The lowest BCUT2D eigenvalue weighted by Gasteiger charge is -2.14. The first-order valence-electron chi connectivity index (χ1n) is 8.27. The van der Waals surface area contributed by atoms with Crippen molar-refractivity contribution in [2.75, 3.05) is 7.11 Å². The van der Waals surface area contributed by atoms with Crippen LogP contribution in [0.15, 0.2) is 30.5 Å². The number of carbonyl (C=O) groups excluding carboxylic acids is 1. The number of methoxy groups -OCH3 is 1. The van der Waals surface area contributed by atoms with E-state index in [1.54, 1.807) is 11.8 Å². The Bertz CT molecular complexity index is 755. The number of hydrogen-bond donors (Lipinski definition) is 2. The number of para-hydroxylation sites is 2. The van der Waals surface area contributed by atoms with Gasteiger partial charge in [0.1, 0.15) is 17.5 Å². The fourth-order valence-electron chi connectivity index (χ4n) is 2.70. The Balaban J connectivity index is 2.36. The molecule has 0 saturated carbocycles. The fourth-order valence-corrected chi connectivity index (χ4v) is 2.70. The number of carboxylic acid groups (broad SMARTS) is 1. The third-order valence-corrected chi connectivity index (χ3v) is 3.94. The van der Waals surface area contributed by atoms with Crippen LogP contribution >= 0.6 is 0 Å². The molecule has 2 rings (SSSR count). The quantitative estimate of drug-likeness (QED) is 0.766. The monoisotopic (exact) mass is 345 g/mol. The van der Waals surface area contributed by atoms with Crippen LogP contribution in [0.5, 0.6) is 5.75 Å². The van der Waals surface area contributed by atoms with Gasteiger partial charge in [0.25, 0.3) is 5.91 Å². The first-order chi connectivity index (χ1) is 12.0. The topological polar surface area (TPSA) is 93.5 Å². The molecule has 1 aromatic carbocycles. The van der Waals surface area contributed by atoms with E-state index in [1.807, 2.05) is 38.1 Å². The van der Waals surface area contributed by atoms with Gasteiger partial charge in [-0.05, 0) is 25.0 Å². The minimum Gasteiger partial charge on any atom is -0.494 e. The van der Waals surface area contributed by atoms with Gasteiger partial charge in [-0.15, -0.1) is 0 Å². The van der Waals surface area contributed by atoms with Crippen molar-refractivity contribution in [2.45, 2.75) is 39.2 Å². The van der Waals surface area contributed by atoms with Gasteiger partial charge < -0.3 is 15.2 Å². The average molecular weight is 345 g/mol. The van der Waals surface area contributed by atoms with Crippen molar-refractivity contribution in [1.82, 2.24) is 15.1 Å². The molecule has 0 aliphatic carbocycles. The second-order valence-corrected chi connectivity index (χ2v) is 5.60. The maximum Gasteiger partial charge on any atom is 0.326 e. The number of nitrogens with one attached hydrogen (secondary N) is 1. The summed E-state index contributed by atoms with van der Waals surface area (Å²) in [5, 5.41) is 16.1. The van der Waals surface area contributed by atoms with Gasteiger partial charge in [0.05, 0.1) is 24.6 Å². The van der Waals surface area contributed by atoms with Crippen LogP contribution in [0.1, 0.15) is 42.7 Å². The van der Waals surface area contributed by atoms with Crippen LogP contribution < -0.4 is 10.1 Å². The van der Waals surface area contributed by atoms with Gasteiger partial charge in [0, 0.05) is 0 Å². The molecule has 25 heavy (non-hydrogen) atoms. The van der Waals surface area contributed by atoms with Crippen LogP contribution in [0.25, 0.3) is 5.69 Å². The lowest BCUT2D eigenvalue weighted by Crippen LogP contribution is -2.40. The van der Waals surface area contributed by atoms with Gasteiger partial charge in [-0.3, -0.25) is 4.79 Å². The van der Waals surface area contributed by atoms with E-state index in [9.17, 15) is 14.7 Å². The first-order valence-corrected chi connectivity index (χ1v) is 8.27. The van der Waals surface area contributed by atoms with Gasteiger partial charge >= 0.3 is 5.97 Å². The molecule has 1 unspecified atom stereocenters. The van der Waals surface area contributed by atoms with Crippen molar-refractivity contribution < 1.29 is 19.4 Å². The highest BCUT2D eigenvalue weighted by molar-refractivity contribution is 5.97. The van der Waals surface area contributed by atoms with E-state index < -0.39 is 17.9 Å². The van der Waals surface area contributed by atoms with Crippen LogP contribution in [-0.4, -0.2) is 39.9 Å². The molecule has 1 aromatic heterocycles. The zero-order valence-electron chi connectivity index (χ0n) is 14.7. The van der Waals surface area contributed by atoms with Gasteiger partial charge in [-0.1, -0.05) is 32.4 Å².